The lowest BCUT2D eigenvalue weighted by Gasteiger charge is -2.39. The maximum Gasteiger partial charge on any atom is 0.322 e. The summed E-state index contributed by atoms with van der Waals surface area (Å²) >= 11 is 0. The quantitative estimate of drug-likeness (QED) is 0.241. The minimum absolute atomic E-state index is 0. The van der Waals surface area contributed by atoms with E-state index in [0.717, 1.165) is 50.7 Å². The molecule has 43 heavy (non-hydrogen) atoms. The maximum atomic E-state index is 13.3. The number of urea groups is 1. The first-order chi connectivity index (χ1) is 20.1. The first kappa shape index (κ1) is 34.1. The van der Waals surface area contributed by atoms with E-state index in [4.69, 9.17) is 9.47 Å². The highest BCUT2D eigenvalue weighted by Crippen LogP contribution is 2.25. The molecule has 0 bridgehead atoms. The third kappa shape index (κ3) is 10.7. The second-order valence-electron chi connectivity index (χ2n) is 10.5. The third-order valence-electron chi connectivity index (χ3n) is 7.27. The molecular weight excluding hydrogens is 595 g/mol. The summed E-state index contributed by atoms with van der Waals surface area (Å²) in [6, 6.07) is 20.3. The Kier molecular flexibility index (Phi) is 12.6. The van der Waals surface area contributed by atoms with E-state index in [-0.39, 0.29) is 36.4 Å². The summed E-state index contributed by atoms with van der Waals surface area (Å²) in [5, 5.41) is 2.92. The number of hydrogen-bond acceptors (Lipinski definition) is 6. The van der Waals surface area contributed by atoms with Gasteiger partial charge < -0.3 is 19.7 Å². The number of anilines is 2. The fourth-order valence-electron chi connectivity index (χ4n) is 4.97. The van der Waals surface area contributed by atoms with Gasteiger partial charge in [0.2, 0.25) is 10.0 Å². The summed E-state index contributed by atoms with van der Waals surface area (Å²) in [6.45, 7) is 5.01. The number of rotatable bonds is 12. The number of sulfonamides is 1. The Hall–Kier alpha value is -3.38. The summed E-state index contributed by atoms with van der Waals surface area (Å²) < 4.78 is 50.0. The number of hydrogen-bond donors (Lipinski definition) is 2. The van der Waals surface area contributed by atoms with Crippen LogP contribution in [0.5, 0.6) is 11.5 Å². The van der Waals surface area contributed by atoms with Crippen molar-refractivity contribution in [2.45, 2.75) is 44.9 Å². The van der Waals surface area contributed by atoms with E-state index >= 15 is 0 Å². The highest BCUT2D eigenvalue weighted by atomic mass is 35.5. The summed E-state index contributed by atoms with van der Waals surface area (Å²) in [5.41, 5.74) is 2.19. The zero-order chi connectivity index (χ0) is 30.1. The topological polar surface area (TPSA) is 100 Å². The van der Waals surface area contributed by atoms with Crippen molar-refractivity contribution in [1.29, 1.82) is 0 Å². The third-order valence-corrected chi connectivity index (χ3v) is 7.87. The van der Waals surface area contributed by atoms with Gasteiger partial charge in [0.05, 0.1) is 12.4 Å². The number of benzene rings is 3. The van der Waals surface area contributed by atoms with E-state index in [1.54, 1.807) is 43.5 Å². The fourth-order valence-corrected chi connectivity index (χ4v) is 5.53. The van der Waals surface area contributed by atoms with E-state index in [1.165, 1.54) is 12.1 Å². The molecular formula is C31H40ClFN4O5S. The zero-order valence-electron chi connectivity index (χ0n) is 24.7. The van der Waals surface area contributed by atoms with Crippen molar-refractivity contribution in [3.8, 4) is 11.5 Å². The number of piperidine rings is 1. The van der Waals surface area contributed by atoms with Crippen molar-refractivity contribution in [2.75, 3.05) is 43.0 Å². The van der Waals surface area contributed by atoms with Crippen LogP contribution in [0.15, 0.2) is 72.8 Å². The molecule has 3 aromatic rings. The van der Waals surface area contributed by atoms with Crippen LogP contribution in [-0.4, -0.2) is 69.4 Å². The number of nitrogens with one attached hydrogen (secondary N) is 2. The number of nitrogens with zero attached hydrogens (tertiary/aromatic N) is 2. The van der Waals surface area contributed by atoms with Gasteiger partial charge in [-0.15, -0.1) is 12.4 Å². The molecule has 1 fully saturated rings. The van der Waals surface area contributed by atoms with Crippen molar-refractivity contribution in [3.05, 3.63) is 84.2 Å². The maximum absolute atomic E-state index is 13.3. The SMILES string of the molecule is CCC(CN(C(=O)Nc1ccc(F)cc1)C1CCN(Cc2ccc(Oc3ccc(NS(C)(=O)=O)cc3)cc2)CC1)OC.Cl. The number of methoxy groups -OCH3 is 1. The van der Waals surface area contributed by atoms with Crippen LogP contribution >= 0.6 is 12.4 Å². The lowest BCUT2D eigenvalue weighted by Crippen LogP contribution is -2.51. The van der Waals surface area contributed by atoms with Crippen LogP contribution in [0.2, 0.25) is 0 Å². The average molecular weight is 635 g/mol. The smallest absolute Gasteiger partial charge is 0.322 e. The Morgan fingerprint density at radius 2 is 1.53 bits per heavy atom. The Morgan fingerprint density at radius 3 is 2.07 bits per heavy atom. The number of halogens is 2. The van der Waals surface area contributed by atoms with Crippen molar-refractivity contribution in [1.82, 2.24) is 9.80 Å². The molecule has 234 valence electrons. The second kappa shape index (κ2) is 15.9. The van der Waals surface area contributed by atoms with Crippen molar-refractivity contribution in [3.63, 3.8) is 0 Å². The predicted octanol–water partition coefficient (Wildman–Crippen LogP) is 6.33. The fraction of sp³-hybridized carbons (Fsp3) is 0.387. The Morgan fingerprint density at radius 1 is 0.977 bits per heavy atom. The summed E-state index contributed by atoms with van der Waals surface area (Å²) in [6.07, 6.45) is 3.51. The summed E-state index contributed by atoms with van der Waals surface area (Å²) in [4.78, 5) is 17.5. The largest absolute Gasteiger partial charge is 0.457 e. The molecule has 1 aliphatic heterocycles. The number of amides is 2. The van der Waals surface area contributed by atoms with Gasteiger partial charge in [-0.25, -0.2) is 17.6 Å². The van der Waals surface area contributed by atoms with Gasteiger partial charge >= 0.3 is 6.03 Å². The first-order valence-electron chi connectivity index (χ1n) is 14.0. The minimum Gasteiger partial charge on any atom is -0.457 e. The van der Waals surface area contributed by atoms with Gasteiger partial charge in [0, 0.05) is 50.7 Å². The molecule has 0 aliphatic carbocycles. The summed E-state index contributed by atoms with van der Waals surface area (Å²) in [7, 11) is -1.66. The van der Waals surface area contributed by atoms with Gasteiger partial charge in [-0.1, -0.05) is 19.1 Å². The van der Waals surface area contributed by atoms with Crippen molar-refractivity contribution >= 4 is 39.8 Å². The normalized spacial score (nSPS) is 14.8. The Labute approximate surface area is 259 Å². The molecule has 1 aliphatic rings. The van der Waals surface area contributed by atoms with Gasteiger partial charge in [0.25, 0.3) is 0 Å². The van der Waals surface area contributed by atoms with Crippen molar-refractivity contribution < 1.29 is 27.1 Å². The second-order valence-corrected chi connectivity index (χ2v) is 12.3. The van der Waals surface area contributed by atoms with E-state index < -0.39 is 10.0 Å². The molecule has 9 nitrogen and oxygen atoms in total. The molecule has 0 radical (unpaired) electrons. The summed E-state index contributed by atoms with van der Waals surface area (Å²) in [5.74, 6) is 0.948. The first-order valence-corrected chi connectivity index (χ1v) is 15.9. The molecule has 0 aromatic heterocycles. The van der Waals surface area contributed by atoms with Gasteiger partial charge in [0.1, 0.15) is 17.3 Å². The van der Waals surface area contributed by atoms with Crippen LogP contribution in [0.25, 0.3) is 0 Å². The Balaban J connectivity index is 0.00000506. The van der Waals surface area contributed by atoms with Crippen LogP contribution in [0.3, 0.4) is 0 Å². The molecule has 1 saturated heterocycles. The lowest BCUT2D eigenvalue weighted by molar-refractivity contribution is 0.0476. The number of carbonyl (C=O) groups is 1. The highest BCUT2D eigenvalue weighted by molar-refractivity contribution is 7.92. The number of likely N-dealkylation sites (tertiary alicyclic amines) is 1. The van der Waals surface area contributed by atoms with Crippen molar-refractivity contribution in [2.24, 2.45) is 0 Å². The van der Waals surface area contributed by atoms with Gasteiger partial charge in [0.15, 0.2) is 0 Å². The Bertz CT molecular complexity index is 1400. The standard InChI is InChI=1S/C31H39FN4O5S.ClH/c1-4-28(40-2)22-36(31(37)33-25-9-7-24(32)8-10-25)27-17-19-35(20-18-27)21-23-5-13-29(14-6-23)41-30-15-11-26(12-16-30)34-42(3,38)39;/h5-16,27-28,34H,4,17-22H2,1-3H3,(H,33,37);1H. The van der Waals surface area contributed by atoms with Crippen LogP contribution in [0, 0.1) is 5.82 Å². The molecule has 2 N–H and O–H groups in total. The van der Waals surface area contributed by atoms with Gasteiger partial charge in [-0.3, -0.25) is 9.62 Å². The molecule has 4 rings (SSSR count). The number of carbonyl (C=O) groups excluding carboxylic acids is 1. The highest BCUT2D eigenvalue weighted by Gasteiger charge is 2.30. The van der Waals surface area contributed by atoms with E-state index in [1.807, 2.05) is 36.1 Å². The molecule has 1 unspecified atom stereocenters. The van der Waals surface area contributed by atoms with Crippen LogP contribution in [0.1, 0.15) is 31.7 Å². The monoisotopic (exact) mass is 634 g/mol. The molecule has 0 spiro atoms. The van der Waals surface area contributed by atoms with E-state index in [2.05, 4.69) is 14.9 Å². The number of ether oxygens (including phenoxy) is 2. The molecule has 12 heteroatoms. The minimum atomic E-state index is -3.33. The van der Waals surface area contributed by atoms with Gasteiger partial charge in [-0.2, -0.15) is 0 Å². The van der Waals surface area contributed by atoms with Gasteiger partial charge in [-0.05, 0) is 85.5 Å². The predicted molar refractivity (Wildman–Crippen MR) is 170 cm³/mol. The van der Waals surface area contributed by atoms with Crippen LogP contribution in [-0.2, 0) is 21.3 Å². The van der Waals surface area contributed by atoms with Crippen LogP contribution in [0.4, 0.5) is 20.6 Å². The lowest BCUT2D eigenvalue weighted by atomic mass is 10.0. The zero-order valence-corrected chi connectivity index (χ0v) is 26.3. The molecule has 1 heterocycles. The van der Waals surface area contributed by atoms with E-state index in [0.29, 0.717) is 29.4 Å². The molecule has 1 atom stereocenters. The molecule has 2 amide bonds. The van der Waals surface area contributed by atoms with E-state index in [9.17, 15) is 17.6 Å². The molecule has 3 aromatic carbocycles. The average Bonchev–Trinajstić information content (AvgIpc) is 2.97. The van der Waals surface area contributed by atoms with Crippen LogP contribution < -0.4 is 14.8 Å². The molecule has 0 saturated carbocycles.